The van der Waals surface area contributed by atoms with Crippen molar-refractivity contribution in [2.24, 2.45) is 17.8 Å². The maximum absolute atomic E-state index is 9.86. The number of aliphatic hydroxyl groups is 1. The summed E-state index contributed by atoms with van der Waals surface area (Å²) < 4.78 is 0. The van der Waals surface area contributed by atoms with Crippen molar-refractivity contribution in [3.63, 3.8) is 0 Å². The molecule has 3 rings (SSSR count). The van der Waals surface area contributed by atoms with Crippen LogP contribution in [0.5, 0.6) is 0 Å². The summed E-state index contributed by atoms with van der Waals surface area (Å²) in [7, 11) is 0. The average molecular weight is 302 g/mol. The van der Waals surface area contributed by atoms with Gasteiger partial charge in [-0.15, -0.1) is 0 Å². The van der Waals surface area contributed by atoms with Crippen molar-refractivity contribution >= 4 is 0 Å². The number of nitrogens with zero attached hydrogens (tertiary/aromatic N) is 2. The number of rotatable bonds is 6. The summed E-state index contributed by atoms with van der Waals surface area (Å²) in [6.45, 7) is 11.6. The minimum atomic E-state index is 0.341. The quantitative estimate of drug-likeness (QED) is 0.874. The zero-order valence-electron chi connectivity index (χ0n) is 14.2. The molecule has 3 heteroatoms. The third-order valence-electron chi connectivity index (χ3n) is 6.13. The zero-order chi connectivity index (χ0) is 15.7. The van der Waals surface area contributed by atoms with Gasteiger partial charge in [0, 0.05) is 37.7 Å². The lowest BCUT2D eigenvalue weighted by Gasteiger charge is -2.54. The number of hydrogen-bond acceptors (Lipinski definition) is 3. The number of benzene rings is 1. The van der Waals surface area contributed by atoms with Gasteiger partial charge in [0.05, 0.1) is 0 Å². The van der Waals surface area contributed by atoms with Gasteiger partial charge in [-0.05, 0) is 37.4 Å². The molecule has 1 N–H and O–H groups in total. The Bertz CT molecular complexity index is 474. The van der Waals surface area contributed by atoms with Crippen LogP contribution >= 0.6 is 0 Å². The van der Waals surface area contributed by atoms with Crippen molar-refractivity contribution in [2.45, 2.75) is 39.4 Å². The number of hydrogen-bond donors (Lipinski definition) is 1. The van der Waals surface area contributed by atoms with E-state index in [1.54, 1.807) is 0 Å². The average Bonchev–Trinajstić information content (AvgIpc) is 2.79. The third-order valence-corrected chi connectivity index (χ3v) is 6.13. The molecule has 2 fully saturated rings. The van der Waals surface area contributed by atoms with Gasteiger partial charge in [0.25, 0.3) is 0 Å². The molecule has 1 aliphatic heterocycles. The van der Waals surface area contributed by atoms with Gasteiger partial charge >= 0.3 is 0 Å². The second kappa shape index (κ2) is 6.69. The van der Waals surface area contributed by atoms with Crippen LogP contribution in [0.1, 0.15) is 26.3 Å². The molecular weight excluding hydrogens is 272 g/mol. The van der Waals surface area contributed by atoms with Crippen LogP contribution in [0.15, 0.2) is 30.3 Å². The van der Waals surface area contributed by atoms with Gasteiger partial charge in [0.15, 0.2) is 0 Å². The van der Waals surface area contributed by atoms with Crippen molar-refractivity contribution < 1.29 is 5.11 Å². The fraction of sp³-hybridized carbons (Fsp3) is 0.684. The molecule has 2 aliphatic rings. The van der Waals surface area contributed by atoms with Crippen LogP contribution in [0.4, 0.5) is 0 Å². The highest BCUT2D eigenvalue weighted by Gasteiger charge is 2.58. The molecule has 0 bridgehead atoms. The lowest BCUT2D eigenvalue weighted by Crippen LogP contribution is -2.62. The highest BCUT2D eigenvalue weighted by atomic mass is 16.3. The van der Waals surface area contributed by atoms with Gasteiger partial charge in [0.1, 0.15) is 0 Å². The SMILES string of the molecule is CCN(CC)C1[C@@H]2[C@@H](CN(Cc3ccccc3)[C@H]2C)[C@H]1CO. The van der Waals surface area contributed by atoms with E-state index in [0.717, 1.165) is 32.1 Å². The number of likely N-dealkylation sites (tertiary alicyclic amines) is 1. The summed E-state index contributed by atoms with van der Waals surface area (Å²) in [5.41, 5.74) is 1.40. The van der Waals surface area contributed by atoms with E-state index in [4.69, 9.17) is 0 Å². The molecule has 5 atom stereocenters. The van der Waals surface area contributed by atoms with Gasteiger partial charge in [-0.2, -0.15) is 0 Å². The Balaban J connectivity index is 1.72. The fourth-order valence-corrected chi connectivity index (χ4v) is 4.94. The molecule has 3 nitrogen and oxygen atoms in total. The predicted octanol–water partition coefficient (Wildman–Crippen LogP) is 2.46. The summed E-state index contributed by atoms with van der Waals surface area (Å²) in [6, 6.07) is 12.0. The minimum absolute atomic E-state index is 0.341. The van der Waals surface area contributed by atoms with E-state index in [1.165, 1.54) is 5.56 Å². The van der Waals surface area contributed by atoms with Gasteiger partial charge in [-0.25, -0.2) is 0 Å². The van der Waals surface area contributed by atoms with E-state index >= 15 is 0 Å². The molecule has 1 saturated heterocycles. The first-order valence-corrected chi connectivity index (χ1v) is 8.84. The molecule has 0 spiro atoms. The first-order chi connectivity index (χ1) is 10.7. The summed E-state index contributed by atoms with van der Waals surface area (Å²) in [6.07, 6.45) is 0. The van der Waals surface area contributed by atoms with Crippen LogP contribution in [-0.4, -0.2) is 53.2 Å². The van der Waals surface area contributed by atoms with Crippen molar-refractivity contribution in [1.82, 2.24) is 9.80 Å². The molecule has 1 aromatic rings. The fourth-order valence-electron chi connectivity index (χ4n) is 4.94. The van der Waals surface area contributed by atoms with Crippen molar-refractivity contribution in [3.05, 3.63) is 35.9 Å². The van der Waals surface area contributed by atoms with Crippen molar-refractivity contribution in [3.8, 4) is 0 Å². The third kappa shape index (κ3) is 2.60. The monoisotopic (exact) mass is 302 g/mol. The summed E-state index contributed by atoms with van der Waals surface area (Å²) in [4.78, 5) is 5.18. The predicted molar refractivity (Wildman–Crippen MR) is 90.6 cm³/mol. The van der Waals surface area contributed by atoms with Gasteiger partial charge in [0.2, 0.25) is 0 Å². The molecule has 0 aromatic heterocycles. The van der Waals surface area contributed by atoms with E-state index < -0.39 is 0 Å². The molecular formula is C19H30N2O. The first kappa shape index (κ1) is 16.0. The highest BCUT2D eigenvalue weighted by molar-refractivity contribution is 5.17. The highest BCUT2D eigenvalue weighted by Crippen LogP contribution is 2.51. The van der Waals surface area contributed by atoms with Gasteiger partial charge in [-0.1, -0.05) is 44.2 Å². The Morgan fingerprint density at radius 2 is 1.86 bits per heavy atom. The molecule has 1 heterocycles. The molecule has 1 saturated carbocycles. The zero-order valence-corrected chi connectivity index (χ0v) is 14.2. The summed E-state index contributed by atoms with van der Waals surface area (Å²) >= 11 is 0. The normalized spacial score (nSPS) is 34.7. The number of aliphatic hydroxyl groups excluding tert-OH is 1. The van der Waals surface area contributed by atoms with Crippen LogP contribution in [-0.2, 0) is 6.54 Å². The molecule has 1 aromatic carbocycles. The van der Waals surface area contributed by atoms with Crippen molar-refractivity contribution in [2.75, 3.05) is 26.2 Å². The Kier molecular flexibility index (Phi) is 4.86. The molecule has 1 unspecified atom stereocenters. The molecule has 1 aliphatic carbocycles. The summed E-state index contributed by atoms with van der Waals surface area (Å²) in [5.74, 6) is 1.86. The van der Waals surface area contributed by atoms with E-state index in [-0.39, 0.29) is 0 Å². The number of fused-ring (bicyclic) bond motifs is 1. The van der Waals surface area contributed by atoms with E-state index in [9.17, 15) is 5.11 Å². The molecule has 122 valence electrons. The molecule has 22 heavy (non-hydrogen) atoms. The van der Waals surface area contributed by atoms with Crippen molar-refractivity contribution in [1.29, 1.82) is 0 Å². The van der Waals surface area contributed by atoms with Crippen LogP contribution in [0.2, 0.25) is 0 Å². The van der Waals surface area contributed by atoms with E-state index in [2.05, 4.69) is 60.9 Å². The molecule has 0 radical (unpaired) electrons. The Hall–Kier alpha value is -0.900. The van der Waals surface area contributed by atoms with E-state index in [0.29, 0.717) is 30.5 Å². The standard InChI is InChI=1S/C19H30N2O/c1-4-20(5-2)19-17(13-22)16-12-21(14(3)18(16)19)11-15-9-7-6-8-10-15/h6-10,14,16-19,22H,4-5,11-13H2,1-3H3/t14-,16-,17+,18-,19?/m0/s1. The van der Waals surface area contributed by atoms with Crippen LogP contribution < -0.4 is 0 Å². The van der Waals surface area contributed by atoms with Gasteiger partial charge in [-0.3, -0.25) is 4.90 Å². The maximum atomic E-state index is 9.86. The van der Waals surface area contributed by atoms with E-state index in [1.807, 2.05) is 0 Å². The second-order valence-corrected chi connectivity index (χ2v) is 6.96. The Morgan fingerprint density at radius 3 is 2.45 bits per heavy atom. The van der Waals surface area contributed by atoms with Crippen LogP contribution in [0.25, 0.3) is 0 Å². The maximum Gasteiger partial charge on any atom is 0.0477 e. The minimum Gasteiger partial charge on any atom is -0.396 e. The van der Waals surface area contributed by atoms with Gasteiger partial charge < -0.3 is 10.0 Å². The van der Waals surface area contributed by atoms with Crippen LogP contribution in [0.3, 0.4) is 0 Å². The smallest absolute Gasteiger partial charge is 0.0477 e. The molecule has 0 amide bonds. The Morgan fingerprint density at radius 1 is 1.18 bits per heavy atom. The first-order valence-electron chi connectivity index (χ1n) is 8.84. The lowest BCUT2D eigenvalue weighted by molar-refractivity contribution is -0.0682. The summed E-state index contributed by atoms with van der Waals surface area (Å²) in [5, 5.41) is 9.86. The lowest BCUT2D eigenvalue weighted by atomic mass is 9.60. The second-order valence-electron chi connectivity index (χ2n) is 6.96. The topological polar surface area (TPSA) is 26.7 Å². The van der Waals surface area contributed by atoms with Crippen LogP contribution in [0, 0.1) is 17.8 Å². The Labute approximate surface area is 134 Å². The largest absolute Gasteiger partial charge is 0.396 e.